The molecular formula is C14H31NO2. The van der Waals surface area contributed by atoms with Crippen molar-refractivity contribution in [1.82, 2.24) is 5.32 Å². The molecule has 0 aliphatic carbocycles. The quantitative estimate of drug-likeness (QED) is 0.568. The van der Waals surface area contributed by atoms with Crippen molar-refractivity contribution >= 4 is 0 Å². The zero-order chi connectivity index (χ0) is 13.1. The molecule has 2 unspecified atom stereocenters. The summed E-state index contributed by atoms with van der Waals surface area (Å²) in [6, 6.07) is 0. The number of rotatable bonds is 11. The van der Waals surface area contributed by atoms with Crippen LogP contribution in [0.3, 0.4) is 0 Å². The SMILES string of the molecule is COCCNCC(CC(C)C)C(C)CCOC. The molecule has 3 heteroatoms. The Balaban J connectivity index is 3.94. The molecule has 0 aromatic rings. The van der Waals surface area contributed by atoms with E-state index < -0.39 is 0 Å². The van der Waals surface area contributed by atoms with Crippen LogP contribution in [0, 0.1) is 17.8 Å². The normalized spacial score (nSPS) is 15.2. The third-order valence-corrected chi connectivity index (χ3v) is 3.25. The van der Waals surface area contributed by atoms with E-state index in [9.17, 15) is 0 Å². The lowest BCUT2D eigenvalue weighted by Crippen LogP contribution is -2.31. The van der Waals surface area contributed by atoms with Gasteiger partial charge in [0.2, 0.25) is 0 Å². The second kappa shape index (κ2) is 11.0. The van der Waals surface area contributed by atoms with Gasteiger partial charge < -0.3 is 14.8 Å². The van der Waals surface area contributed by atoms with E-state index in [1.807, 2.05) is 0 Å². The number of ether oxygens (including phenoxy) is 2. The molecule has 0 saturated carbocycles. The smallest absolute Gasteiger partial charge is 0.0587 e. The highest BCUT2D eigenvalue weighted by Crippen LogP contribution is 2.22. The van der Waals surface area contributed by atoms with E-state index in [4.69, 9.17) is 9.47 Å². The minimum absolute atomic E-state index is 0.715. The molecule has 0 radical (unpaired) electrons. The molecule has 0 aliphatic heterocycles. The maximum atomic E-state index is 5.17. The number of nitrogens with one attached hydrogen (secondary N) is 1. The van der Waals surface area contributed by atoms with E-state index in [1.54, 1.807) is 14.2 Å². The summed E-state index contributed by atoms with van der Waals surface area (Å²) < 4.78 is 10.2. The first kappa shape index (κ1) is 16.9. The van der Waals surface area contributed by atoms with Gasteiger partial charge in [0, 0.05) is 27.4 Å². The summed E-state index contributed by atoms with van der Waals surface area (Å²) in [6.45, 7) is 10.6. The van der Waals surface area contributed by atoms with Gasteiger partial charge in [-0.15, -0.1) is 0 Å². The molecule has 2 atom stereocenters. The lowest BCUT2D eigenvalue weighted by molar-refractivity contribution is 0.155. The first-order valence-electron chi connectivity index (χ1n) is 6.80. The molecule has 0 fully saturated rings. The molecule has 0 aromatic carbocycles. The van der Waals surface area contributed by atoms with Crippen LogP contribution in [0.25, 0.3) is 0 Å². The van der Waals surface area contributed by atoms with Gasteiger partial charge in [-0.1, -0.05) is 20.8 Å². The summed E-state index contributed by atoms with van der Waals surface area (Å²) in [7, 11) is 3.52. The van der Waals surface area contributed by atoms with Gasteiger partial charge in [-0.25, -0.2) is 0 Å². The first-order valence-corrected chi connectivity index (χ1v) is 6.80. The second-order valence-electron chi connectivity index (χ2n) is 5.35. The number of methoxy groups -OCH3 is 2. The van der Waals surface area contributed by atoms with Crippen molar-refractivity contribution in [2.75, 3.05) is 40.5 Å². The van der Waals surface area contributed by atoms with Crippen LogP contribution < -0.4 is 5.32 Å². The third kappa shape index (κ3) is 9.57. The summed E-state index contributed by atoms with van der Waals surface area (Å²) in [5.41, 5.74) is 0. The van der Waals surface area contributed by atoms with Crippen LogP contribution in [0.5, 0.6) is 0 Å². The largest absolute Gasteiger partial charge is 0.385 e. The molecule has 0 heterocycles. The summed E-state index contributed by atoms with van der Waals surface area (Å²) in [5.74, 6) is 2.21. The monoisotopic (exact) mass is 245 g/mol. The van der Waals surface area contributed by atoms with Crippen LogP contribution >= 0.6 is 0 Å². The van der Waals surface area contributed by atoms with Crippen LogP contribution in [0.15, 0.2) is 0 Å². The topological polar surface area (TPSA) is 30.5 Å². The van der Waals surface area contributed by atoms with E-state index in [-0.39, 0.29) is 0 Å². The van der Waals surface area contributed by atoms with Crippen molar-refractivity contribution in [2.24, 2.45) is 17.8 Å². The van der Waals surface area contributed by atoms with Gasteiger partial charge >= 0.3 is 0 Å². The highest BCUT2D eigenvalue weighted by atomic mass is 16.5. The Kier molecular flexibility index (Phi) is 10.9. The predicted molar refractivity (Wildman–Crippen MR) is 73.3 cm³/mol. The Morgan fingerprint density at radius 1 is 1.00 bits per heavy atom. The average Bonchev–Trinajstić information content (AvgIpc) is 2.29. The van der Waals surface area contributed by atoms with Crippen molar-refractivity contribution < 1.29 is 9.47 Å². The average molecular weight is 245 g/mol. The van der Waals surface area contributed by atoms with Crippen LogP contribution in [-0.4, -0.2) is 40.5 Å². The molecule has 0 rings (SSSR count). The highest BCUT2D eigenvalue weighted by Gasteiger charge is 2.17. The van der Waals surface area contributed by atoms with Crippen LogP contribution in [0.4, 0.5) is 0 Å². The van der Waals surface area contributed by atoms with Crippen molar-refractivity contribution in [3.05, 3.63) is 0 Å². The Morgan fingerprint density at radius 3 is 2.18 bits per heavy atom. The summed E-state index contributed by atoms with van der Waals surface area (Å²) in [5, 5.41) is 3.48. The van der Waals surface area contributed by atoms with Gasteiger partial charge in [0.25, 0.3) is 0 Å². The zero-order valence-corrected chi connectivity index (χ0v) is 12.3. The van der Waals surface area contributed by atoms with E-state index in [1.165, 1.54) is 6.42 Å². The molecule has 3 nitrogen and oxygen atoms in total. The van der Waals surface area contributed by atoms with Gasteiger partial charge in [-0.2, -0.15) is 0 Å². The van der Waals surface area contributed by atoms with Crippen molar-refractivity contribution in [1.29, 1.82) is 0 Å². The number of hydrogen-bond acceptors (Lipinski definition) is 3. The Hall–Kier alpha value is -0.120. The molecule has 0 aliphatic rings. The van der Waals surface area contributed by atoms with E-state index in [2.05, 4.69) is 26.1 Å². The molecule has 0 aromatic heterocycles. The lowest BCUT2D eigenvalue weighted by Gasteiger charge is -2.26. The van der Waals surface area contributed by atoms with Crippen LogP contribution in [0.1, 0.15) is 33.6 Å². The van der Waals surface area contributed by atoms with Crippen LogP contribution in [-0.2, 0) is 9.47 Å². The standard InChI is InChI=1S/C14H31NO2/c1-12(2)10-14(11-15-7-9-17-5)13(3)6-8-16-4/h12-15H,6-11H2,1-5H3. The summed E-state index contributed by atoms with van der Waals surface area (Å²) >= 11 is 0. The molecule has 17 heavy (non-hydrogen) atoms. The zero-order valence-electron chi connectivity index (χ0n) is 12.3. The molecule has 0 spiro atoms. The minimum atomic E-state index is 0.715. The Bertz CT molecular complexity index is 162. The molecule has 0 amide bonds. The Morgan fingerprint density at radius 2 is 1.65 bits per heavy atom. The maximum Gasteiger partial charge on any atom is 0.0587 e. The van der Waals surface area contributed by atoms with Crippen molar-refractivity contribution in [2.45, 2.75) is 33.6 Å². The second-order valence-corrected chi connectivity index (χ2v) is 5.35. The molecule has 0 bridgehead atoms. The molecule has 0 saturated heterocycles. The van der Waals surface area contributed by atoms with Crippen molar-refractivity contribution in [3.8, 4) is 0 Å². The van der Waals surface area contributed by atoms with Gasteiger partial charge in [-0.05, 0) is 37.1 Å². The molecular weight excluding hydrogens is 214 g/mol. The molecule has 104 valence electrons. The van der Waals surface area contributed by atoms with Crippen molar-refractivity contribution in [3.63, 3.8) is 0 Å². The summed E-state index contributed by atoms with van der Waals surface area (Å²) in [4.78, 5) is 0. The van der Waals surface area contributed by atoms with Crippen LogP contribution in [0.2, 0.25) is 0 Å². The first-order chi connectivity index (χ1) is 8.11. The lowest BCUT2D eigenvalue weighted by atomic mass is 9.84. The fourth-order valence-corrected chi connectivity index (χ4v) is 2.12. The number of hydrogen-bond donors (Lipinski definition) is 1. The fraction of sp³-hybridized carbons (Fsp3) is 1.00. The summed E-state index contributed by atoms with van der Waals surface area (Å²) in [6.07, 6.45) is 2.44. The predicted octanol–water partition coefficient (Wildman–Crippen LogP) is 2.56. The fourth-order valence-electron chi connectivity index (χ4n) is 2.12. The van der Waals surface area contributed by atoms with E-state index >= 15 is 0 Å². The van der Waals surface area contributed by atoms with Gasteiger partial charge in [-0.3, -0.25) is 0 Å². The Labute approximate surface area is 107 Å². The van der Waals surface area contributed by atoms with E-state index in [0.717, 1.165) is 44.6 Å². The van der Waals surface area contributed by atoms with Gasteiger partial charge in [0.05, 0.1) is 6.61 Å². The maximum absolute atomic E-state index is 5.17. The highest BCUT2D eigenvalue weighted by molar-refractivity contribution is 4.71. The van der Waals surface area contributed by atoms with E-state index in [0.29, 0.717) is 5.92 Å². The molecule has 1 N–H and O–H groups in total. The third-order valence-electron chi connectivity index (χ3n) is 3.25. The minimum Gasteiger partial charge on any atom is -0.385 e. The van der Waals surface area contributed by atoms with Gasteiger partial charge in [0.1, 0.15) is 0 Å². The van der Waals surface area contributed by atoms with Gasteiger partial charge in [0.15, 0.2) is 0 Å².